The molecule has 0 atom stereocenters. The van der Waals surface area contributed by atoms with Gasteiger partial charge in [-0.15, -0.1) is 22.7 Å². The zero-order valence-corrected chi connectivity index (χ0v) is 16.0. The predicted molar refractivity (Wildman–Crippen MR) is 96.0 cm³/mol. The number of nitrogens with zero attached hydrogens (tertiary/aromatic N) is 1. The van der Waals surface area contributed by atoms with Crippen molar-refractivity contribution in [2.45, 2.75) is 19.5 Å². The fourth-order valence-corrected chi connectivity index (χ4v) is 5.93. The molecule has 2 rings (SSSR count). The molecular formula is C14H19NO4S4. The van der Waals surface area contributed by atoms with E-state index in [0.717, 1.165) is 16.0 Å². The molecule has 9 heteroatoms. The van der Waals surface area contributed by atoms with Crippen LogP contribution in [0, 0.1) is 0 Å². The molecule has 0 radical (unpaired) electrons. The Morgan fingerprint density at radius 1 is 0.913 bits per heavy atom. The molecule has 128 valence electrons. The molecule has 0 aliphatic carbocycles. The zero-order chi connectivity index (χ0) is 16.9. The second-order valence-corrected chi connectivity index (χ2v) is 11.6. The van der Waals surface area contributed by atoms with Gasteiger partial charge in [-0.2, -0.15) is 4.31 Å². The van der Waals surface area contributed by atoms with Crippen LogP contribution in [0.3, 0.4) is 0 Å². The fraction of sp³-hybridized carbons (Fsp3) is 0.429. The Bertz CT molecular complexity index is 757. The van der Waals surface area contributed by atoms with Crippen LogP contribution < -0.4 is 0 Å². The lowest BCUT2D eigenvalue weighted by molar-refractivity contribution is 0.406. The number of hydrogen-bond donors (Lipinski definition) is 0. The molecule has 0 amide bonds. The van der Waals surface area contributed by atoms with Crippen LogP contribution in [-0.2, 0) is 33.0 Å². The van der Waals surface area contributed by atoms with Crippen LogP contribution in [0.5, 0.6) is 0 Å². The molecular weight excluding hydrogens is 374 g/mol. The van der Waals surface area contributed by atoms with Gasteiger partial charge in [-0.25, -0.2) is 16.8 Å². The third kappa shape index (κ3) is 6.34. The van der Waals surface area contributed by atoms with Crippen molar-refractivity contribution in [3.63, 3.8) is 0 Å². The van der Waals surface area contributed by atoms with Crippen LogP contribution >= 0.6 is 22.7 Å². The van der Waals surface area contributed by atoms with E-state index in [4.69, 9.17) is 0 Å². The van der Waals surface area contributed by atoms with E-state index in [1.807, 2.05) is 35.0 Å². The van der Waals surface area contributed by atoms with Gasteiger partial charge in [-0.05, 0) is 29.3 Å². The van der Waals surface area contributed by atoms with Gasteiger partial charge in [0.2, 0.25) is 10.0 Å². The van der Waals surface area contributed by atoms with Crippen molar-refractivity contribution in [2.75, 3.05) is 17.8 Å². The van der Waals surface area contributed by atoms with Gasteiger partial charge in [-0.3, -0.25) is 0 Å². The number of sulfone groups is 1. The van der Waals surface area contributed by atoms with Crippen molar-refractivity contribution in [1.82, 2.24) is 4.31 Å². The number of sulfonamides is 1. The highest BCUT2D eigenvalue weighted by Crippen LogP contribution is 2.20. The predicted octanol–water partition coefficient (Wildman–Crippen LogP) is 2.58. The lowest BCUT2D eigenvalue weighted by Crippen LogP contribution is -2.32. The molecule has 2 heterocycles. The van der Waals surface area contributed by atoms with E-state index in [1.165, 1.54) is 27.0 Å². The summed E-state index contributed by atoms with van der Waals surface area (Å²) >= 11 is 3.02. The molecule has 0 saturated heterocycles. The standard InChI is InChI=1S/C14H19NO4S4/c1-22(16,17)9-4-10-23(18,19)15(11-13-5-2-7-20-13)12-14-6-3-8-21-14/h2-3,5-8H,4,9-12H2,1H3. The van der Waals surface area contributed by atoms with Gasteiger partial charge in [0.25, 0.3) is 0 Å². The summed E-state index contributed by atoms with van der Waals surface area (Å²) in [6.07, 6.45) is 1.24. The number of thiophene rings is 2. The Morgan fingerprint density at radius 3 is 1.83 bits per heavy atom. The first-order chi connectivity index (χ1) is 10.8. The van der Waals surface area contributed by atoms with Crippen molar-refractivity contribution >= 4 is 42.5 Å². The van der Waals surface area contributed by atoms with E-state index < -0.39 is 19.9 Å². The van der Waals surface area contributed by atoms with Gasteiger partial charge in [-0.1, -0.05) is 12.1 Å². The van der Waals surface area contributed by atoms with Gasteiger partial charge in [0.05, 0.1) is 11.5 Å². The van der Waals surface area contributed by atoms with Gasteiger partial charge < -0.3 is 0 Å². The average molecular weight is 394 g/mol. The Kier molecular flexibility index (Phi) is 6.38. The molecule has 0 saturated carbocycles. The van der Waals surface area contributed by atoms with Crippen LogP contribution in [0.1, 0.15) is 16.2 Å². The van der Waals surface area contributed by atoms with Crippen LogP contribution in [0.4, 0.5) is 0 Å². The minimum absolute atomic E-state index is 0.113. The second-order valence-electron chi connectivity index (χ2n) is 5.23. The zero-order valence-electron chi connectivity index (χ0n) is 12.7. The highest BCUT2D eigenvalue weighted by molar-refractivity contribution is 7.91. The second kappa shape index (κ2) is 7.89. The van der Waals surface area contributed by atoms with Crippen LogP contribution in [0.2, 0.25) is 0 Å². The first-order valence-corrected chi connectivity index (χ1v) is 12.4. The molecule has 0 unspecified atom stereocenters. The maximum Gasteiger partial charge on any atom is 0.214 e. The third-order valence-corrected chi connectivity index (χ3v) is 7.74. The lowest BCUT2D eigenvalue weighted by Gasteiger charge is -2.21. The van der Waals surface area contributed by atoms with Crippen molar-refractivity contribution in [3.05, 3.63) is 44.8 Å². The van der Waals surface area contributed by atoms with E-state index >= 15 is 0 Å². The van der Waals surface area contributed by atoms with E-state index in [0.29, 0.717) is 13.1 Å². The van der Waals surface area contributed by atoms with Gasteiger partial charge in [0.15, 0.2) is 0 Å². The molecule has 0 bridgehead atoms. The third-order valence-electron chi connectivity index (χ3n) is 3.14. The molecule has 0 N–H and O–H groups in total. The van der Waals surface area contributed by atoms with E-state index in [-0.39, 0.29) is 17.9 Å². The molecule has 5 nitrogen and oxygen atoms in total. The minimum atomic E-state index is -3.51. The molecule has 0 spiro atoms. The Balaban J connectivity index is 2.10. The van der Waals surface area contributed by atoms with Crippen molar-refractivity contribution in [2.24, 2.45) is 0 Å². The molecule has 2 aromatic rings. The number of rotatable bonds is 9. The summed E-state index contributed by atoms with van der Waals surface area (Å²) < 4.78 is 49.0. The lowest BCUT2D eigenvalue weighted by atomic mass is 10.4. The highest BCUT2D eigenvalue weighted by atomic mass is 32.2. The van der Waals surface area contributed by atoms with Crippen molar-refractivity contribution < 1.29 is 16.8 Å². The summed E-state index contributed by atoms with van der Waals surface area (Å²) in [5.74, 6) is -0.269. The summed E-state index contributed by atoms with van der Waals surface area (Å²) in [5.41, 5.74) is 0. The molecule has 23 heavy (non-hydrogen) atoms. The van der Waals surface area contributed by atoms with Crippen LogP contribution in [-0.4, -0.2) is 38.9 Å². The summed E-state index contributed by atoms with van der Waals surface area (Å²) in [6, 6.07) is 7.58. The largest absolute Gasteiger partial charge is 0.229 e. The summed E-state index contributed by atoms with van der Waals surface area (Å²) in [4.78, 5) is 1.93. The summed E-state index contributed by atoms with van der Waals surface area (Å²) in [7, 11) is -6.67. The van der Waals surface area contributed by atoms with Crippen molar-refractivity contribution in [3.8, 4) is 0 Å². The van der Waals surface area contributed by atoms with Crippen molar-refractivity contribution in [1.29, 1.82) is 0 Å². The quantitative estimate of drug-likeness (QED) is 0.656. The monoisotopic (exact) mass is 393 g/mol. The SMILES string of the molecule is CS(=O)(=O)CCCS(=O)(=O)N(Cc1cccs1)Cc1cccs1. The maximum absolute atomic E-state index is 12.6. The highest BCUT2D eigenvalue weighted by Gasteiger charge is 2.23. The van der Waals surface area contributed by atoms with Gasteiger partial charge >= 0.3 is 0 Å². The summed E-state index contributed by atoms with van der Waals surface area (Å²) in [6.45, 7) is 0.632. The van der Waals surface area contributed by atoms with Crippen LogP contribution in [0.25, 0.3) is 0 Å². The Morgan fingerprint density at radius 2 is 1.43 bits per heavy atom. The van der Waals surface area contributed by atoms with E-state index in [9.17, 15) is 16.8 Å². The fourth-order valence-electron chi connectivity index (χ4n) is 2.04. The number of hydrogen-bond acceptors (Lipinski definition) is 6. The van der Waals surface area contributed by atoms with E-state index in [1.54, 1.807) is 0 Å². The molecule has 0 aliphatic rings. The Labute approximate surface area is 145 Å². The molecule has 0 aliphatic heterocycles. The normalized spacial score (nSPS) is 12.8. The first kappa shape index (κ1) is 18.6. The van der Waals surface area contributed by atoms with E-state index in [2.05, 4.69) is 0 Å². The average Bonchev–Trinajstić information content (AvgIpc) is 3.09. The first-order valence-electron chi connectivity index (χ1n) is 6.96. The Hall–Kier alpha value is -0.740. The molecule has 2 aromatic heterocycles. The summed E-state index contributed by atoms with van der Waals surface area (Å²) in [5, 5.41) is 3.82. The molecule has 0 fully saturated rings. The van der Waals surface area contributed by atoms with Gasteiger partial charge in [0, 0.05) is 29.1 Å². The topological polar surface area (TPSA) is 71.5 Å². The smallest absolute Gasteiger partial charge is 0.214 e. The minimum Gasteiger partial charge on any atom is -0.229 e. The maximum atomic E-state index is 12.6. The molecule has 0 aromatic carbocycles. The van der Waals surface area contributed by atoms with Crippen LogP contribution in [0.15, 0.2) is 35.0 Å². The van der Waals surface area contributed by atoms with Gasteiger partial charge in [0.1, 0.15) is 9.84 Å².